The van der Waals surface area contributed by atoms with Gasteiger partial charge in [0.25, 0.3) is 5.91 Å². The molecule has 0 atom stereocenters. The van der Waals surface area contributed by atoms with Crippen LogP contribution in [-0.4, -0.2) is 18.6 Å². The number of furan rings is 1. The Kier molecular flexibility index (Phi) is 4.43. The highest BCUT2D eigenvalue weighted by Gasteiger charge is 2.18. The van der Waals surface area contributed by atoms with Crippen LogP contribution in [0.2, 0.25) is 5.02 Å². The van der Waals surface area contributed by atoms with Gasteiger partial charge in [0, 0.05) is 11.1 Å². The van der Waals surface area contributed by atoms with Crippen molar-refractivity contribution < 1.29 is 23.5 Å². The van der Waals surface area contributed by atoms with E-state index in [2.05, 4.69) is 10.9 Å². The largest absolute Gasteiger partial charge is 0.454 e. The number of amides is 2. The van der Waals surface area contributed by atoms with Crippen LogP contribution in [0, 0.1) is 0 Å². The fourth-order valence-corrected chi connectivity index (χ4v) is 2.78. The Morgan fingerprint density at radius 1 is 0.889 bits per heavy atom. The SMILES string of the molecule is O=C(NNC(=O)c1ccc(-c2ccccc2Cl)o1)c1ccc2c(c1)OCO2. The molecule has 0 aliphatic carbocycles. The van der Waals surface area contributed by atoms with Gasteiger partial charge in [-0.15, -0.1) is 0 Å². The summed E-state index contributed by atoms with van der Waals surface area (Å²) in [5, 5.41) is 0.509. The topological polar surface area (TPSA) is 89.8 Å². The number of hydrogen-bond acceptors (Lipinski definition) is 5. The second kappa shape index (κ2) is 7.05. The van der Waals surface area contributed by atoms with Crippen LogP contribution in [0.5, 0.6) is 11.5 Å². The first-order chi connectivity index (χ1) is 13.1. The van der Waals surface area contributed by atoms with Crippen LogP contribution in [0.15, 0.2) is 59.0 Å². The minimum Gasteiger partial charge on any atom is -0.454 e. The minimum atomic E-state index is -0.595. The lowest BCUT2D eigenvalue weighted by atomic mass is 10.2. The summed E-state index contributed by atoms with van der Waals surface area (Å²) in [6.07, 6.45) is 0. The Morgan fingerprint density at radius 2 is 1.67 bits per heavy atom. The lowest BCUT2D eigenvalue weighted by Crippen LogP contribution is -2.41. The number of nitrogens with one attached hydrogen (secondary N) is 2. The van der Waals surface area contributed by atoms with E-state index < -0.39 is 11.8 Å². The van der Waals surface area contributed by atoms with Crippen molar-refractivity contribution >= 4 is 23.4 Å². The molecule has 2 heterocycles. The third-order valence-corrected chi connectivity index (χ3v) is 4.22. The highest BCUT2D eigenvalue weighted by atomic mass is 35.5. The first-order valence-corrected chi connectivity index (χ1v) is 8.35. The molecular weight excluding hydrogens is 372 g/mol. The van der Waals surface area contributed by atoms with Gasteiger partial charge in [-0.05, 0) is 42.5 Å². The van der Waals surface area contributed by atoms with E-state index in [9.17, 15) is 9.59 Å². The summed E-state index contributed by atoms with van der Waals surface area (Å²) in [6, 6.07) is 15.0. The average Bonchev–Trinajstić information content (AvgIpc) is 3.35. The lowest BCUT2D eigenvalue weighted by Gasteiger charge is -2.06. The molecule has 0 saturated heterocycles. The number of rotatable bonds is 3. The van der Waals surface area contributed by atoms with Crippen LogP contribution >= 0.6 is 11.6 Å². The molecule has 27 heavy (non-hydrogen) atoms. The first-order valence-electron chi connectivity index (χ1n) is 7.97. The van der Waals surface area contributed by atoms with Gasteiger partial charge < -0.3 is 13.9 Å². The number of carbonyl (C=O) groups is 2. The van der Waals surface area contributed by atoms with Gasteiger partial charge in [0.1, 0.15) is 5.76 Å². The monoisotopic (exact) mass is 384 g/mol. The molecule has 0 bridgehead atoms. The van der Waals surface area contributed by atoms with E-state index in [4.69, 9.17) is 25.5 Å². The number of halogens is 1. The molecule has 8 heteroatoms. The van der Waals surface area contributed by atoms with E-state index in [-0.39, 0.29) is 12.6 Å². The molecule has 1 aromatic heterocycles. The summed E-state index contributed by atoms with van der Waals surface area (Å²) in [5.74, 6) is 0.438. The Labute approximate surface area is 158 Å². The van der Waals surface area contributed by atoms with Crippen LogP contribution in [0.1, 0.15) is 20.9 Å². The Morgan fingerprint density at radius 3 is 2.52 bits per heavy atom. The average molecular weight is 385 g/mol. The maximum absolute atomic E-state index is 12.2. The predicted molar refractivity (Wildman–Crippen MR) is 96.7 cm³/mol. The van der Waals surface area contributed by atoms with Crippen molar-refractivity contribution in [2.45, 2.75) is 0 Å². The van der Waals surface area contributed by atoms with Crippen molar-refractivity contribution in [1.29, 1.82) is 0 Å². The first kappa shape index (κ1) is 17.0. The van der Waals surface area contributed by atoms with Gasteiger partial charge in [-0.3, -0.25) is 20.4 Å². The quantitative estimate of drug-likeness (QED) is 0.675. The summed E-state index contributed by atoms with van der Waals surface area (Å²) in [7, 11) is 0. The van der Waals surface area contributed by atoms with E-state index in [1.54, 1.807) is 36.4 Å². The van der Waals surface area contributed by atoms with E-state index in [0.717, 1.165) is 0 Å². The van der Waals surface area contributed by atoms with Crippen molar-refractivity contribution in [3.8, 4) is 22.8 Å². The summed E-state index contributed by atoms with van der Waals surface area (Å²) >= 11 is 6.12. The van der Waals surface area contributed by atoms with Crippen LogP contribution in [0.3, 0.4) is 0 Å². The van der Waals surface area contributed by atoms with Crippen molar-refractivity contribution in [1.82, 2.24) is 10.9 Å². The number of carbonyl (C=O) groups excluding carboxylic acids is 2. The zero-order chi connectivity index (χ0) is 18.8. The summed E-state index contributed by atoms with van der Waals surface area (Å²) in [4.78, 5) is 24.4. The third-order valence-electron chi connectivity index (χ3n) is 3.89. The molecule has 0 spiro atoms. The van der Waals surface area contributed by atoms with Crippen LogP contribution in [-0.2, 0) is 0 Å². The van der Waals surface area contributed by atoms with Gasteiger partial charge in [0.2, 0.25) is 6.79 Å². The van der Waals surface area contributed by atoms with Crippen molar-refractivity contribution in [3.63, 3.8) is 0 Å². The fourth-order valence-electron chi connectivity index (χ4n) is 2.55. The van der Waals surface area contributed by atoms with Crippen molar-refractivity contribution in [2.75, 3.05) is 6.79 Å². The highest BCUT2D eigenvalue weighted by molar-refractivity contribution is 6.33. The molecule has 1 aliphatic heterocycles. The number of benzene rings is 2. The predicted octanol–water partition coefficient (Wildman–Crippen LogP) is 3.40. The van der Waals surface area contributed by atoms with Crippen LogP contribution < -0.4 is 20.3 Å². The summed E-state index contributed by atoms with van der Waals surface area (Å²) < 4.78 is 15.9. The lowest BCUT2D eigenvalue weighted by molar-refractivity contribution is 0.0831. The molecule has 2 N–H and O–H groups in total. The minimum absolute atomic E-state index is 0.0379. The van der Waals surface area contributed by atoms with Crippen LogP contribution in [0.4, 0.5) is 0 Å². The van der Waals surface area contributed by atoms with Gasteiger partial charge in [0.05, 0.1) is 5.02 Å². The van der Waals surface area contributed by atoms with Gasteiger partial charge in [-0.2, -0.15) is 0 Å². The van der Waals surface area contributed by atoms with Gasteiger partial charge in [-0.1, -0.05) is 23.7 Å². The second-order valence-corrected chi connectivity index (χ2v) is 6.03. The number of hydrazine groups is 1. The van der Waals surface area contributed by atoms with E-state index in [1.165, 1.54) is 12.1 Å². The van der Waals surface area contributed by atoms with E-state index >= 15 is 0 Å². The van der Waals surface area contributed by atoms with Gasteiger partial charge >= 0.3 is 5.91 Å². The Bertz CT molecular complexity index is 1030. The maximum Gasteiger partial charge on any atom is 0.305 e. The molecule has 7 nitrogen and oxygen atoms in total. The number of ether oxygens (including phenoxy) is 2. The molecule has 2 aromatic carbocycles. The standard InChI is InChI=1S/C19H13ClN2O5/c20-13-4-2-1-3-12(13)14-7-8-16(27-14)19(24)22-21-18(23)11-5-6-15-17(9-11)26-10-25-15/h1-9H,10H2,(H,21,23)(H,22,24). The molecule has 2 amide bonds. The zero-order valence-electron chi connectivity index (χ0n) is 13.8. The van der Waals surface area contributed by atoms with Crippen molar-refractivity contribution in [3.05, 3.63) is 70.9 Å². The molecular formula is C19H13ClN2O5. The number of hydrogen-bond donors (Lipinski definition) is 2. The Balaban J connectivity index is 1.41. The Hall–Kier alpha value is -3.45. The van der Waals surface area contributed by atoms with Gasteiger partial charge in [0.15, 0.2) is 17.3 Å². The fraction of sp³-hybridized carbons (Fsp3) is 0.0526. The second-order valence-electron chi connectivity index (χ2n) is 5.62. The number of fused-ring (bicyclic) bond motifs is 1. The van der Waals surface area contributed by atoms with E-state index in [0.29, 0.717) is 33.4 Å². The zero-order valence-corrected chi connectivity index (χ0v) is 14.6. The molecule has 0 unspecified atom stereocenters. The molecule has 0 saturated carbocycles. The molecule has 0 fully saturated rings. The molecule has 0 radical (unpaired) electrons. The molecule has 3 aromatic rings. The summed E-state index contributed by atoms with van der Waals surface area (Å²) in [5.41, 5.74) is 5.62. The maximum atomic E-state index is 12.2. The third kappa shape index (κ3) is 3.45. The van der Waals surface area contributed by atoms with E-state index in [1.807, 2.05) is 6.07 Å². The van der Waals surface area contributed by atoms with Crippen LogP contribution in [0.25, 0.3) is 11.3 Å². The highest BCUT2D eigenvalue weighted by Crippen LogP contribution is 2.32. The summed E-state index contributed by atoms with van der Waals surface area (Å²) in [6.45, 7) is 0.114. The normalized spacial score (nSPS) is 11.9. The van der Waals surface area contributed by atoms with Gasteiger partial charge in [-0.25, -0.2) is 0 Å². The van der Waals surface area contributed by atoms with Crippen molar-refractivity contribution in [2.24, 2.45) is 0 Å². The smallest absolute Gasteiger partial charge is 0.305 e. The molecule has 136 valence electrons. The molecule has 1 aliphatic rings. The molecule has 4 rings (SSSR count).